The van der Waals surface area contributed by atoms with Crippen LogP contribution in [-0.4, -0.2) is 12.8 Å². The molecule has 0 amide bonds. The van der Waals surface area contributed by atoms with Crippen LogP contribution in [0.4, 0.5) is 8.78 Å². The molecule has 1 aliphatic carbocycles. The molecule has 3 atom stereocenters. The van der Waals surface area contributed by atoms with E-state index < -0.39 is 18.0 Å². The molecule has 5 heteroatoms. The molecular formula is C11H10ClF2NO. The summed E-state index contributed by atoms with van der Waals surface area (Å²) < 4.78 is 26.7. The fourth-order valence-electron chi connectivity index (χ4n) is 2.38. The average Bonchev–Trinajstić information content (AvgIpc) is 2.99. The summed E-state index contributed by atoms with van der Waals surface area (Å²) in [4.78, 5) is 5.21. The summed E-state index contributed by atoms with van der Waals surface area (Å²) in [7, 11) is 0. The summed E-state index contributed by atoms with van der Waals surface area (Å²) >= 11 is 5.89. The number of rotatable bonds is 2. The van der Waals surface area contributed by atoms with E-state index in [0.29, 0.717) is 5.56 Å². The zero-order chi connectivity index (χ0) is 11.3. The molecule has 0 spiro atoms. The summed E-state index contributed by atoms with van der Waals surface area (Å²) in [6.07, 6.45) is 0.833. The van der Waals surface area contributed by atoms with Crippen LogP contribution in [0.5, 0.6) is 0 Å². The van der Waals surface area contributed by atoms with Crippen LogP contribution in [0.3, 0.4) is 0 Å². The monoisotopic (exact) mass is 245 g/mol. The Morgan fingerprint density at radius 1 is 1.56 bits per heavy atom. The second kappa shape index (κ2) is 3.39. The van der Waals surface area contributed by atoms with Crippen molar-refractivity contribution in [3.8, 4) is 0 Å². The van der Waals surface area contributed by atoms with E-state index in [-0.39, 0.29) is 17.0 Å². The standard InChI is InChI=1S/C11H10ClF2NO/c12-10-6(2-1-3-8(10)14)11(5-13)7-4-9(7)16-15-11/h1-3,7,9,15H,4-5H2/t7-,9?,11+/m0/s1. The number of alkyl halides is 1. The highest BCUT2D eigenvalue weighted by atomic mass is 35.5. The number of halogens is 3. The Labute approximate surface area is 96.5 Å². The van der Waals surface area contributed by atoms with Crippen molar-refractivity contribution in [2.75, 3.05) is 6.67 Å². The second-order valence-electron chi connectivity index (χ2n) is 4.31. The van der Waals surface area contributed by atoms with Crippen molar-refractivity contribution in [1.29, 1.82) is 0 Å². The predicted molar refractivity (Wildman–Crippen MR) is 55.2 cm³/mol. The molecule has 1 N–H and O–H groups in total. The van der Waals surface area contributed by atoms with E-state index in [0.717, 1.165) is 6.42 Å². The van der Waals surface area contributed by atoms with Crippen LogP contribution in [0.2, 0.25) is 5.02 Å². The first-order chi connectivity index (χ1) is 7.69. The zero-order valence-electron chi connectivity index (χ0n) is 8.34. The highest BCUT2D eigenvalue weighted by molar-refractivity contribution is 6.31. The molecule has 0 aromatic heterocycles. The molecule has 86 valence electrons. The van der Waals surface area contributed by atoms with Gasteiger partial charge in [0.25, 0.3) is 0 Å². The first kappa shape index (κ1) is 10.4. The molecule has 1 heterocycles. The third kappa shape index (κ3) is 1.24. The third-order valence-corrected chi connectivity index (χ3v) is 3.78. The van der Waals surface area contributed by atoms with E-state index in [1.165, 1.54) is 12.1 Å². The van der Waals surface area contributed by atoms with Crippen LogP contribution in [0.15, 0.2) is 18.2 Å². The number of fused-ring (bicyclic) bond motifs is 1. The SMILES string of the molecule is FC[C@]1(c2cccc(F)c2Cl)NOC2C[C@@H]21. The van der Waals surface area contributed by atoms with E-state index in [1.807, 2.05) is 0 Å². The topological polar surface area (TPSA) is 21.3 Å². The van der Waals surface area contributed by atoms with Crippen LogP contribution in [0, 0.1) is 11.7 Å². The maximum Gasteiger partial charge on any atom is 0.142 e. The van der Waals surface area contributed by atoms with Gasteiger partial charge >= 0.3 is 0 Å². The summed E-state index contributed by atoms with van der Waals surface area (Å²) in [5.41, 5.74) is 2.16. The Balaban J connectivity index is 2.10. The van der Waals surface area contributed by atoms with Crippen molar-refractivity contribution in [2.24, 2.45) is 5.92 Å². The smallest absolute Gasteiger partial charge is 0.142 e. The van der Waals surface area contributed by atoms with Gasteiger partial charge in [-0.15, -0.1) is 0 Å². The molecule has 1 unspecified atom stereocenters. The highest BCUT2D eigenvalue weighted by Gasteiger charge is 2.61. The average molecular weight is 246 g/mol. The Morgan fingerprint density at radius 3 is 2.94 bits per heavy atom. The van der Waals surface area contributed by atoms with Crippen molar-refractivity contribution < 1.29 is 13.6 Å². The van der Waals surface area contributed by atoms with Crippen molar-refractivity contribution in [3.63, 3.8) is 0 Å². The number of hydrogen-bond acceptors (Lipinski definition) is 2. The van der Waals surface area contributed by atoms with Crippen molar-refractivity contribution in [2.45, 2.75) is 18.1 Å². The molecule has 1 aromatic carbocycles. The minimum atomic E-state index is -0.968. The van der Waals surface area contributed by atoms with Gasteiger partial charge in [-0.1, -0.05) is 23.7 Å². The lowest BCUT2D eigenvalue weighted by Gasteiger charge is -2.28. The number of benzene rings is 1. The summed E-state index contributed by atoms with van der Waals surface area (Å²) in [5.74, 6) is -0.477. The van der Waals surface area contributed by atoms with E-state index in [1.54, 1.807) is 6.07 Å². The lowest BCUT2D eigenvalue weighted by atomic mass is 9.87. The van der Waals surface area contributed by atoms with E-state index in [9.17, 15) is 8.78 Å². The molecule has 0 radical (unpaired) electrons. The van der Waals surface area contributed by atoms with Gasteiger partial charge in [0.2, 0.25) is 0 Å². The maximum absolute atomic E-state index is 13.4. The largest absolute Gasteiger partial charge is 0.297 e. The van der Waals surface area contributed by atoms with Crippen LogP contribution in [0.1, 0.15) is 12.0 Å². The summed E-state index contributed by atoms with van der Waals surface area (Å²) in [6.45, 7) is -0.655. The van der Waals surface area contributed by atoms with Crippen LogP contribution >= 0.6 is 11.6 Å². The van der Waals surface area contributed by atoms with Crippen molar-refractivity contribution in [3.05, 3.63) is 34.6 Å². The normalized spacial score (nSPS) is 36.2. The number of nitrogens with one attached hydrogen (secondary N) is 1. The van der Waals surface area contributed by atoms with E-state index in [4.69, 9.17) is 16.4 Å². The number of hydroxylamine groups is 1. The minimum absolute atomic E-state index is 0.0243. The Kier molecular flexibility index (Phi) is 2.21. The van der Waals surface area contributed by atoms with Crippen LogP contribution in [-0.2, 0) is 10.4 Å². The lowest BCUT2D eigenvalue weighted by Crippen LogP contribution is -2.42. The molecular weight excluding hydrogens is 236 g/mol. The Bertz CT molecular complexity index is 442. The predicted octanol–water partition coefficient (Wildman–Crippen LogP) is 2.57. The fourth-order valence-corrected chi connectivity index (χ4v) is 2.67. The first-order valence-electron chi connectivity index (χ1n) is 5.12. The highest BCUT2D eigenvalue weighted by Crippen LogP contribution is 2.54. The molecule has 1 saturated heterocycles. The molecule has 2 aliphatic rings. The molecule has 1 saturated carbocycles. The van der Waals surface area contributed by atoms with Gasteiger partial charge in [-0.2, -0.15) is 5.48 Å². The van der Waals surface area contributed by atoms with Gasteiger partial charge < -0.3 is 0 Å². The van der Waals surface area contributed by atoms with Gasteiger partial charge in [0.15, 0.2) is 0 Å². The van der Waals surface area contributed by atoms with Gasteiger partial charge in [0, 0.05) is 5.92 Å². The third-order valence-electron chi connectivity index (χ3n) is 3.40. The van der Waals surface area contributed by atoms with Gasteiger partial charge in [-0.05, 0) is 18.1 Å². The number of hydrogen-bond donors (Lipinski definition) is 1. The van der Waals surface area contributed by atoms with Gasteiger partial charge in [-0.25, -0.2) is 8.78 Å². The fraction of sp³-hybridized carbons (Fsp3) is 0.455. The molecule has 2 nitrogen and oxygen atoms in total. The second-order valence-corrected chi connectivity index (χ2v) is 4.68. The quantitative estimate of drug-likeness (QED) is 0.865. The van der Waals surface area contributed by atoms with Gasteiger partial charge in [0.05, 0.1) is 11.1 Å². The van der Waals surface area contributed by atoms with Crippen molar-refractivity contribution in [1.82, 2.24) is 5.48 Å². The van der Waals surface area contributed by atoms with E-state index >= 15 is 0 Å². The minimum Gasteiger partial charge on any atom is -0.297 e. The maximum atomic E-state index is 13.4. The van der Waals surface area contributed by atoms with Crippen LogP contribution in [0.25, 0.3) is 0 Å². The van der Waals surface area contributed by atoms with E-state index in [2.05, 4.69) is 5.48 Å². The molecule has 1 aliphatic heterocycles. The lowest BCUT2D eigenvalue weighted by molar-refractivity contribution is 0.00838. The molecule has 0 bridgehead atoms. The Morgan fingerprint density at radius 2 is 2.38 bits per heavy atom. The summed E-state index contributed by atoms with van der Waals surface area (Å²) in [5, 5.41) is -0.0243. The molecule has 1 aromatic rings. The Hall–Kier alpha value is -0.710. The van der Waals surface area contributed by atoms with Crippen molar-refractivity contribution >= 4 is 11.6 Å². The van der Waals surface area contributed by atoms with Gasteiger partial charge in [0.1, 0.15) is 18.0 Å². The molecule has 2 fully saturated rings. The summed E-state index contributed by atoms with van der Waals surface area (Å²) in [6, 6.07) is 4.44. The van der Waals surface area contributed by atoms with Crippen LogP contribution < -0.4 is 5.48 Å². The molecule has 16 heavy (non-hydrogen) atoms. The molecule has 3 rings (SSSR count). The first-order valence-corrected chi connectivity index (χ1v) is 5.50. The van der Waals surface area contributed by atoms with Gasteiger partial charge in [-0.3, -0.25) is 4.84 Å². The zero-order valence-corrected chi connectivity index (χ0v) is 9.10.